The first kappa shape index (κ1) is 81.8. The zero-order chi connectivity index (χ0) is 82.1. The predicted octanol–water partition coefficient (Wildman–Crippen LogP) is 12.7. The maximum atomic E-state index is 10.7. The van der Waals surface area contributed by atoms with Crippen LogP contribution in [0.5, 0.6) is 0 Å². The highest BCUT2D eigenvalue weighted by molar-refractivity contribution is 8.13. The van der Waals surface area contributed by atoms with Gasteiger partial charge in [-0.05, 0) is 158 Å². The number of aliphatic hydroxyl groups excluding tert-OH is 7. The number of nitrogens with zero attached hydrogens (tertiary/aromatic N) is 2. The van der Waals surface area contributed by atoms with E-state index in [1.165, 1.54) is 38.9 Å². The summed E-state index contributed by atoms with van der Waals surface area (Å²) in [7, 11) is 1.06. The van der Waals surface area contributed by atoms with E-state index in [1.54, 1.807) is 24.3 Å². The van der Waals surface area contributed by atoms with Crippen molar-refractivity contribution in [1.29, 1.82) is 1.43 Å². The van der Waals surface area contributed by atoms with Gasteiger partial charge < -0.3 is 92.2 Å². The molecule has 27 atom stereocenters. The van der Waals surface area contributed by atoms with E-state index >= 15 is 0 Å². The molecule has 24 heteroatoms. The molecule has 8 rings (SSSR count). The highest BCUT2D eigenvalue weighted by Crippen LogP contribution is 2.47. The Morgan fingerprint density at radius 2 is 1.07 bits per heavy atom. The lowest BCUT2D eigenvalue weighted by Gasteiger charge is -2.30. The smallest absolute Gasteiger partial charge is 0.333 e. The quantitative estimate of drug-likeness (QED) is 0.0142. The van der Waals surface area contributed by atoms with Crippen LogP contribution >= 0.6 is 19.3 Å². The molecule has 0 saturated carbocycles. The Morgan fingerprint density at radius 3 is 1.39 bits per heavy atom. The summed E-state index contributed by atoms with van der Waals surface area (Å²) in [5.41, 5.74) is 1.01. The van der Waals surface area contributed by atoms with Crippen molar-refractivity contribution in [2.45, 2.75) is 278 Å². The molecule has 0 amide bonds. The molecule has 7 saturated heterocycles. The van der Waals surface area contributed by atoms with Gasteiger partial charge in [-0.2, -0.15) is 0 Å². The Bertz CT molecular complexity index is 2440. The molecule has 1 aromatic carbocycles. The Labute approximate surface area is 613 Å². The summed E-state index contributed by atoms with van der Waals surface area (Å²) in [6, 6.07) is 6.37. The van der Waals surface area contributed by atoms with Crippen molar-refractivity contribution < 1.29 is 102 Å². The highest BCUT2D eigenvalue weighted by Gasteiger charge is 2.38. The summed E-state index contributed by atoms with van der Waals surface area (Å²) < 4.78 is 142. The van der Waals surface area contributed by atoms with E-state index in [-0.39, 0.29) is 111 Å². The first-order chi connectivity index (χ1) is 50.6. The summed E-state index contributed by atoms with van der Waals surface area (Å²) in [6.45, 7) is 43.1. The van der Waals surface area contributed by atoms with Gasteiger partial charge in [0.2, 0.25) is 7.98 Å². The average Bonchev–Trinajstić information content (AvgIpc) is 1.92. The van der Waals surface area contributed by atoms with Crippen LogP contribution in [-0.4, -0.2) is 229 Å². The third-order valence-electron chi connectivity index (χ3n) is 16.7. The van der Waals surface area contributed by atoms with Gasteiger partial charge in [-0.25, -0.2) is 15.0 Å². The zero-order valence-corrected chi connectivity index (χ0v) is 64.5. The monoisotopic (exact) mass is 1480 g/mol. The van der Waals surface area contributed by atoms with Crippen molar-refractivity contribution in [2.24, 2.45) is 35.5 Å². The van der Waals surface area contributed by atoms with Gasteiger partial charge in [-0.15, -0.1) is 13.2 Å². The first-order valence-corrected chi connectivity index (χ1v) is 38.8. The summed E-state index contributed by atoms with van der Waals surface area (Å²) in [4.78, 5) is 5.81. The Hall–Kier alpha value is -1.86. The van der Waals surface area contributed by atoms with Crippen LogP contribution in [-0.2, 0) is 55.8 Å². The fourth-order valence-electron chi connectivity index (χ4n) is 10.5. The van der Waals surface area contributed by atoms with Gasteiger partial charge in [0.1, 0.15) is 6.61 Å². The molecule has 21 nitrogen and oxygen atoms in total. The number of rotatable bonds is 27. The first-order valence-electron chi connectivity index (χ1n) is 40.5. The molecule has 7 heterocycles. The molecule has 0 aromatic heterocycles. The molecule has 578 valence electrons. The Morgan fingerprint density at radius 1 is 0.673 bits per heavy atom. The van der Waals surface area contributed by atoms with E-state index in [0.717, 1.165) is 56.9 Å². The van der Waals surface area contributed by atoms with Gasteiger partial charge in [0.25, 0.3) is 9.05 Å². The topological polar surface area (TPSA) is 276 Å². The maximum Gasteiger partial charge on any atom is 0.333 e. The number of hydrogen-bond donors (Lipinski definition) is 7. The van der Waals surface area contributed by atoms with Crippen molar-refractivity contribution in [1.82, 2.24) is 4.90 Å². The Balaban J connectivity index is 0. The summed E-state index contributed by atoms with van der Waals surface area (Å²) in [5.74, 6) is 1.66. The normalized spacial score (nSPS) is 35.0. The van der Waals surface area contributed by atoms with Crippen molar-refractivity contribution in [3.05, 3.63) is 66.6 Å². The van der Waals surface area contributed by atoms with Crippen molar-refractivity contribution >= 4 is 28.3 Å². The molecule has 98 heavy (non-hydrogen) atoms. The van der Waals surface area contributed by atoms with E-state index in [0.29, 0.717) is 50.4 Å². The largest absolute Gasteiger partial charge is 0.400 e. The van der Waals surface area contributed by atoms with Crippen molar-refractivity contribution in [3.63, 3.8) is 0 Å². The van der Waals surface area contributed by atoms with E-state index in [1.807, 2.05) is 62.3 Å². The van der Waals surface area contributed by atoms with Crippen LogP contribution in [0.15, 0.2) is 54.5 Å². The number of aryl methyl sites for hydroxylation is 1. The molecule has 1 aromatic rings. The molecule has 0 aliphatic carbocycles. The van der Waals surface area contributed by atoms with Gasteiger partial charge in [-0.3, -0.25) is 0 Å². The second kappa shape index (κ2) is 60.4. The third kappa shape index (κ3) is 41.6. The SMILES string of the molecule is CC.CCN(CC)CC.Cc1ccc(S(=O)(=O)Cl)cc1.[2H]C[C@H]1O[C@H]([3H])C[C@@H]1OP(OCC[N+]#[C-])O[C@H](CCC)[C@H]1O[C@H]([3H])C[C@@H]1C.[3H]OC.[3H][C@@H]1C[C@H](C)[C@@H](CO)O1.[3H][C@@H]1C[C@H](C)[C@@H]([C@@H](O)CC=C)O1.[3H][C@@H]1C[C@H](C)[C@@H]([C@H](O)CC=C)O1.[3H][C@@H]1C[C@H](C)[C@@H]([C@H](O)CCC)O1.[3H][C@@H]1C[C@H](C)[C@@H]([C@H](O)CCO)O1. The lowest BCUT2D eigenvalue weighted by atomic mass is 9.97. The summed E-state index contributed by atoms with van der Waals surface area (Å²) in [6.07, 6.45) is 8.67. The fraction of sp³-hybridized carbons (Fsp3) is 0.851. The number of halogens is 1. The molecular weight excluding hydrogens is 1320 g/mol. The minimum Gasteiger partial charge on any atom is -0.400 e. The van der Waals surface area contributed by atoms with Crippen LogP contribution < -0.4 is 0 Å². The molecule has 7 fully saturated rings. The zero-order valence-electron chi connectivity index (χ0n) is 71.1. The standard InChI is InChI=1S/C17H30NO5P.C9H18O2.2C9H16O2.C8H16O3.C7H7ClO2S.C6H15N.C6H12O2.C2H6.CH4O/c1-5-6-16(17-13(2)7-10-20-17)23-24(21-12-9-18-4)22-15-8-11-19-14(15)3;3*1-3-4-8(10)9-7(2)5-6-11-9;1-6-3-5-11-8(6)7(10)2-4-9;1-6-2-4-7(5-3-6)11(8,9)10;1-4-7(5-2)6-3;1-5-2-3-8-6(5)4-7;2*1-2/h13-17H,5-12H2,1-3H3;7-10H,3-6H2,1-2H3;2*3,7-10H,1,4-6H2,2H3;6-10H,2-5H2,1H3;2-5H,1H3;4-6H2,1-3H3;5-7H,2-4H2,1H3;1-2H3;2H,1H3/t13-,14+,15-,16+,17-,24?;2*7-,8+,9-;7-,8-,9-;6-,7+,8-;;;5-,6+;;/m00000..0../s1/i3D,10T,11T;3*6T;5T;;;3T;;2T/t10-,11-,13+,14-,15+,16-,17+,24?;2*6-,7+,8-,9+;6-,7+,8+,9+;5-,6+,7-,8+;;;3-,5+,6-;;/m11111..1... The van der Waals surface area contributed by atoms with Gasteiger partial charge >= 0.3 is 8.60 Å². The number of benzene rings is 1. The molecule has 7 aliphatic rings. The lowest BCUT2D eigenvalue weighted by molar-refractivity contribution is -0.0263. The van der Waals surface area contributed by atoms with Gasteiger partial charge in [0.05, 0.1) is 100 Å². The van der Waals surface area contributed by atoms with Crippen LogP contribution in [0, 0.1) is 49.0 Å². The molecule has 0 spiro atoms. The van der Waals surface area contributed by atoms with Crippen LogP contribution in [0.4, 0.5) is 0 Å². The van der Waals surface area contributed by atoms with E-state index in [9.17, 15) is 28.8 Å². The molecule has 0 bridgehead atoms. The molecule has 7 N–H and O–H groups in total. The van der Waals surface area contributed by atoms with Gasteiger partial charge in [-0.1, -0.05) is 133 Å². The molecule has 0 radical (unpaired) electrons. The number of ether oxygens (including phenoxy) is 7. The number of hydrogen-bond acceptors (Lipinski definition) is 20. The fourth-order valence-corrected chi connectivity index (χ4v) is 12.6. The van der Waals surface area contributed by atoms with E-state index < -0.39 is 94.3 Å². The van der Waals surface area contributed by atoms with Crippen LogP contribution in [0.1, 0.15) is 203 Å². The third-order valence-corrected chi connectivity index (χ3v) is 19.4. The van der Waals surface area contributed by atoms with Crippen LogP contribution in [0.3, 0.4) is 0 Å². The Kier molecular flexibility index (Phi) is 50.4. The second-order valence-electron chi connectivity index (χ2n) is 24.7. The molecular formula is C74H140ClN2O19PS. The number of aliphatic hydroxyl groups is 7. The highest BCUT2D eigenvalue weighted by atomic mass is 35.7. The lowest BCUT2D eigenvalue weighted by Crippen LogP contribution is -2.32. The predicted molar refractivity (Wildman–Crippen MR) is 395 cm³/mol. The molecule has 1 unspecified atom stereocenters. The molecule has 7 aliphatic heterocycles. The van der Waals surface area contributed by atoms with Crippen molar-refractivity contribution in [3.8, 4) is 0 Å². The van der Waals surface area contributed by atoms with E-state index in [2.05, 4.69) is 62.6 Å². The minimum absolute atomic E-state index is 0.00690. The minimum atomic E-state index is -3.55. The van der Waals surface area contributed by atoms with Crippen molar-refractivity contribution in [2.75, 3.05) is 99.2 Å². The van der Waals surface area contributed by atoms with E-state index in [4.69, 9.17) is 86.6 Å². The van der Waals surface area contributed by atoms with Crippen LogP contribution in [0.25, 0.3) is 4.85 Å². The average molecular weight is 1480 g/mol. The van der Waals surface area contributed by atoms with Crippen LogP contribution in [0.2, 0.25) is 0 Å². The van der Waals surface area contributed by atoms with Gasteiger partial charge in [0, 0.05) is 71.9 Å². The van der Waals surface area contributed by atoms with Gasteiger partial charge in [0.15, 0.2) is 0 Å². The maximum absolute atomic E-state index is 10.7. The summed E-state index contributed by atoms with van der Waals surface area (Å²) >= 11 is 0. The summed E-state index contributed by atoms with van der Waals surface area (Å²) in [5, 5.41) is 58.9. The second-order valence-corrected chi connectivity index (χ2v) is 28.4.